The van der Waals surface area contributed by atoms with Gasteiger partial charge >= 0.3 is 0 Å². The molecule has 1 heterocycles. The molecule has 1 N–H and O–H groups in total. The zero-order valence-corrected chi connectivity index (χ0v) is 17.3. The number of amides is 1. The first-order valence-electron chi connectivity index (χ1n) is 9.79. The minimum Gasteiger partial charge on any atom is -0.507 e. The van der Waals surface area contributed by atoms with Crippen LogP contribution in [0.2, 0.25) is 0 Å². The molecule has 0 aliphatic carbocycles. The van der Waals surface area contributed by atoms with E-state index in [2.05, 4.69) is 0 Å². The van der Waals surface area contributed by atoms with Gasteiger partial charge in [0, 0.05) is 22.9 Å². The highest BCUT2D eigenvalue weighted by Gasteiger charge is 2.47. The standard InChI is InChI=1S/C25H19F2NO4/c1-14-12-15(10-11-19(14)26)23(29)21-22(18-8-3-4-9-20(18)27)28(25(31)24(21)30)16-6-5-7-17(13-16)32-2/h3-13,22,29H,1-2H3/b23-21+. The Balaban J connectivity index is 1.98. The first-order chi connectivity index (χ1) is 15.3. The largest absolute Gasteiger partial charge is 0.507 e. The van der Waals surface area contributed by atoms with Crippen LogP contribution < -0.4 is 9.64 Å². The number of benzene rings is 3. The van der Waals surface area contributed by atoms with Gasteiger partial charge in [-0.05, 0) is 48.9 Å². The molecule has 4 rings (SSSR count). The number of ketones is 1. The average Bonchev–Trinajstić information content (AvgIpc) is 3.06. The Labute approximate surface area is 183 Å². The van der Waals surface area contributed by atoms with Gasteiger partial charge in [0.05, 0.1) is 18.7 Å². The third kappa shape index (κ3) is 3.51. The lowest BCUT2D eigenvalue weighted by Gasteiger charge is -2.26. The molecule has 1 aliphatic heterocycles. The summed E-state index contributed by atoms with van der Waals surface area (Å²) in [6.07, 6.45) is 0. The van der Waals surface area contributed by atoms with Crippen molar-refractivity contribution in [2.75, 3.05) is 12.0 Å². The van der Waals surface area contributed by atoms with Crippen molar-refractivity contribution in [2.24, 2.45) is 0 Å². The number of nitrogens with zero attached hydrogens (tertiary/aromatic N) is 1. The molecule has 1 atom stereocenters. The van der Waals surface area contributed by atoms with E-state index in [1.165, 1.54) is 44.4 Å². The fraction of sp³-hybridized carbons (Fsp3) is 0.120. The van der Waals surface area contributed by atoms with Crippen molar-refractivity contribution in [3.8, 4) is 5.75 Å². The summed E-state index contributed by atoms with van der Waals surface area (Å²) in [7, 11) is 1.46. The molecule has 1 aliphatic rings. The van der Waals surface area contributed by atoms with E-state index >= 15 is 0 Å². The van der Waals surface area contributed by atoms with Crippen LogP contribution in [0.15, 0.2) is 72.3 Å². The molecule has 0 bridgehead atoms. The molecule has 1 amide bonds. The number of anilines is 1. The molecule has 0 radical (unpaired) electrons. The summed E-state index contributed by atoms with van der Waals surface area (Å²) in [5.41, 5.74) is 0.449. The highest BCUT2D eigenvalue weighted by atomic mass is 19.1. The van der Waals surface area contributed by atoms with Crippen LogP contribution in [0.4, 0.5) is 14.5 Å². The molecule has 0 spiro atoms. The van der Waals surface area contributed by atoms with E-state index in [0.717, 1.165) is 11.0 Å². The second kappa shape index (κ2) is 8.26. The number of aliphatic hydroxyl groups excluding tert-OH is 1. The predicted octanol–water partition coefficient (Wildman–Crippen LogP) is 4.91. The number of halogens is 2. The van der Waals surface area contributed by atoms with Crippen molar-refractivity contribution in [1.82, 2.24) is 0 Å². The number of hydrogen-bond donors (Lipinski definition) is 1. The zero-order chi connectivity index (χ0) is 23.0. The maximum absolute atomic E-state index is 14.9. The van der Waals surface area contributed by atoms with Crippen molar-refractivity contribution in [2.45, 2.75) is 13.0 Å². The van der Waals surface area contributed by atoms with Gasteiger partial charge in [-0.2, -0.15) is 0 Å². The fourth-order valence-electron chi connectivity index (χ4n) is 3.80. The quantitative estimate of drug-likeness (QED) is 0.359. The molecular formula is C25H19F2NO4. The molecule has 3 aromatic rings. The van der Waals surface area contributed by atoms with Crippen LogP contribution in [0.1, 0.15) is 22.7 Å². The van der Waals surface area contributed by atoms with E-state index in [1.54, 1.807) is 30.3 Å². The number of methoxy groups -OCH3 is 1. The maximum Gasteiger partial charge on any atom is 0.300 e. The Bertz CT molecular complexity index is 1270. The Morgan fingerprint density at radius 1 is 0.969 bits per heavy atom. The summed E-state index contributed by atoms with van der Waals surface area (Å²) < 4.78 is 33.8. The van der Waals surface area contributed by atoms with Gasteiger partial charge in [0.1, 0.15) is 23.1 Å². The van der Waals surface area contributed by atoms with E-state index in [1.807, 2.05) is 0 Å². The van der Waals surface area contributed by atoms with E-state index in [-0.39, 0.29) is 22.3 Å². The second-order valence-corrected chi connectivity index (χ2v) is 7.36. The second-order valence-electron chi connectivity index (χ2n) is 7.36. The van der Waals surface area contributed by atoms with Gasteiger partial charge < -0.3 is 9.84 Å². The lowest BCUT2D eigenvalue weighted by atomic mass is 9.94. The van der Waals surface area contributed by atoms with Gasteiger partial charge in [-0.1, -0.05) is 24.3 Å². The molecule has 1 unspecified atom stereocenters. The summed E-state index contributed by atoms with van der Waals surface area (Å²) in [6, 6.07) is 14.7. The summed E-state index contributed by atoms with van der Waals surface area (Å²) in [5, 5.41) is 11.0. The molecule has 0 saturated carbocycles. The number of hydrogen-bond acceptors (Lipinski definition) is 4. The number of carbonyl (C=O) groups is 2. The molecular weight excluding hydrogens is 416 g/mol. The van der Waals surface area contributed by atoms with Crippen molar-refractivity contribution in [1.29, 1.82) is 0 Å². The number of aliphatic hydroxyl groups is 1. The molecule has 7 heteroatoms. The van der Waals surface area contributed by atoms with Gasteiger partial charge in [0.25, 0.3) is 11.7 Å². The summed E-state index contributed by atoms with van der Waals surface area (Å²) in [6.45, 7) is 1.51. The summed E-state index contributed by atoms with van der Waals surface area (Å²) in [5.74, 6) is -3.10. The van der Waals surface area contributed by atoms with Crippen LogP contribution in [0.25, 0.3) is 5.76 Å². The van der Waals surface area contributed by atoms with E-state index in [9.17, 15) is 23.5 Å². The Hall–Kier alpha value is -4.00. The van der Waals surface area contributed by atoms with Crippen molar-refractivity contribution in [3.05, 3.63) is 101 Å². The molecule has 5 nitrogen and oxygen atoms in total. The zero-order valence-electron chi connectivity index (χ0n) is 17.3. The van der Waals surface area contributed by atoms with E-state index in [4.69, 9.17) is 4.74 Å². The molecule has 1 saturated heterocycles. The lowest BCUT2D eigenvalue weighted by Crippen LogP contribution is -2.29. The molecule has 3 aromatic carbocycles. The highest BCUT2D eigenvalue weighted by molar-refractivity contribution is 6.51. The minimum atomic E-state index is -1.23. The van der Waals surface area contributed by atoms with Crippen molar-refractivity contribution in [3.63, 3.8) is 0 Å². The van der Waals surface area contributed by atoms with Crippen LogP contribution in [-0.4, -0.2) is 23.9 Å². The Kier molecular flexibility index (Phi) is 5.48. The van der Waals surface area contributed by atoms with Crippen LogP contribution in [0.3, 0.4) is 0 Å². The Morgan fingerprint density at radius 2 is 1.72 bits per heavy atom. The molecule has 162 valence electrons. The predicted molar refractivity (Wildman–Crippen MR) is 115 cm³/mol. The number of Topliss-reactive ketones (excluding diaryl/α,β-unsaturated/α-hetero) is 1. The van der Waals surface area contributed by atoms with Crippen LogP contribution in [0, 0.1) is 18.6 Å². The fourth-order valence-corrected chi connectivity index (χ4v) is 3.80. The summed E-state index contributed by atoms with van der Waals surface area (Å²) in [4.78, 5) is 27.3. The van der Waals surface area contributed by atoms with Gasteiger partial charge in [0.2, 0.25) is 0 Å². The number of aryl methyl sites for hydroxylation is 1. The highest BCUT2D eigenvalue weighted by Crippen LogP contribution is 2.43. The third-order valence-electron chi connectivity index (χ3n) is 5.41. The van der Waals surface area contributed by atoms with Gasteiger partial charge in [0.15, 0.2) is 0 Å². The van der Waals surface area contributed by atoms with Crippen molar-refractivity contribution < 1.29 is 28.2 Å². The van der Waals surface area contributed by atoms with Gasteiger partial charge in [-0.25, -0.2) is 8.78 Å². The number of rotatable bonds is 4. The topological polar surface area (TPSA) is 66.8 Å². The minimum absolute atomic E-state index is 0.0369. The lowest BCUT2D eigenvalue weighted by molar-refractivity contribution is -0.132. The van der Waals surface area contributed by atoms with Gasteiger partial charge in [-0.3, -0.25) is 14.5 Å². The third-order valence-corrected chi connectivity index (χ3v) is 5.41. The van der Waals surface area contributed by atoms with Crippen molar-refractivity contribution >= 4 is 23.1 Å². The first kappa shape index (κ1) is 21.2. The van der Waals surface area contributed by atoms with Crippen LogP contribution >= 0.6 is 0 Å². The SMILES string of the molecule is COc1cccc(N2C(=O)C(=O)/C(=C(/O)c3ccc(F)c(C)c3)C2c2ccccc2F)c1. The van der Waals surface area contributed by atoms with Crippen LogP contribution in [0.5, 0.6) is 5.75 Å². The average molecular weight is 435 g/mol. The molecule has 1 fully saturated rings. The molecule has 32 heavy (non-hydrogen) atoms. The molecule has 0 aromatic heterocycles. The first-order valence-corrected chi connectivity index (χ1v) is 9.79. The van der Waals surface area contributed by atoms with Crippen LogP contribution in [-0.2, 0) is 9.59 Å². The summed E-state index contributed by atoms with van der Waals surface area (Å²) >= 11 is 0. The Morgan fingerprint density at radius 3 is 2.41 bits per heavy atom. The normalized spacial score (nSPS) is 17.6. The van der Waals surface area contributed by atoms with E-state index in [0.29, 0.717) is 11.4 Å². The smallest absolute Gasteiger partial charge is 0.300 e. The number of ether oxygens (including phenoxy) is 1. The van der Waals surface area contributed by atoms with Gasteiger partial charge in [-0.15, -0.1) is 0 Å². The maximum atomic E-state index is 14.9. The monoisotopic (exact) mass is 435 g/mol. The number of carbonyl (C=O) groups excluding carboxylic acids is 2. The van der Waals surface area contributed by atoms with E-state index < -0.39 is 35.1 Å².